The lowest BCUT2D eigenvalue weighted by Gasteiger charge is -2.23. The second-order valence-electron chi connectivity index (χ2n) is 6.52. The van der Waals surface area contributed by atoms with Crippen molar-refractivity contribution in [2.45, 2.75) is 24.5 Å². The highest BCUT2D eigenvalue weighted by molar-refractivity contribution is 7.99. The number of imide groups is 1. The Balaban J connectivity index is 1.63. The van der Waals surface area contributed by atoms with Gasteiger partial charge in [0, 0.05) is 5.75 Å². The molecule has 2 aliphatic heterocycles. The predicted molar refractivity (Wildman–Crippen MR) is 96.3 cm³/mol. The van der Waals surface area contributed by atoms with Gasteiger partial charge in [-0.25, -0.2) is 9.69 Å². The number of fused-ring (bicyclic) bond motifs is 1. The molecule has 140 valence electrons. The standard InChI is InChI=1S/C19H15F3N2O2S/c1-11-2-8-14(9-3-11)23-16(25)15-10-27-17(24(15)18(23)26)12-4-6-13(7-5-12)19(20,21)22/h2-9,15,17H,10H2,1H3/t15-,17-/m0/s1. The number of hydrogen-bond donors (Lipinski definition) is 0. The number of carbonyl (C=O) groups excluding carboxylic acids is 2. The van der Waals surface area contributed by atoms with Crippen molar-refractivity contribution in [3.8, 4) is 0 Å². The fraction of sp³-hybridized carbons (Fsp3) is 0.263. The highest BCUT2D eigenvalue weighted by Crippen LogP contribution is 2.46. The van der Waals surface area contributed by atoms with Crippen LogP contribution in [-0.2, 0) is 11.0 Å². The van der Waals surface area contributed by atoms with Gasteiger partial charge in [-0.2, -0.15) is 13.2 Å². The van der Waals surface area contributed by atoms with Crippen molar-refractivity contribution in [1.82, 2.24) is 4.90 Å². The minimum Gasteiger partial charge on any atom is -0.295 e. The van der Waals surface area contributed by atoms with E-state index in [0.29, 0.717) is 17.0 Å². The summed E-state index contributed by atoms with van der Waals surface area (Å²) in [6, 6.07) is 10.8. The third-order valence-corrected chi connectivity index (χ3v) is 6.06. The molecule has 2 fully saturated rings. The number of amides is 3. The Morgan fingerprint density at radius 1 is 1.00 bits per heavy atom. The van der Waals surface area contributed by atoms with Gasteiger partial charge in [-0.15, -0.1) is 11.8 Å². The first-order valence-electron chi connectivity index (χ1n) is 8.29. The molecule has 0 saturated carbocycles. The number of anilines is 1. The summed E-state index contributed by atoms with van der Waals surface area (Å²) in [5.74, 6) is 0.115. The van der Waals surface area contributed by atoms with E-state index in [0.717, 1.165) is 22.6 Å². The van der Waals surface area contributed by atoms with Crippen LogP contribution < -0.4 is 4.90 Å². The predicted octanol–water partition coefficient (Wildman–Crippen LogP) is 4.60. The normalized spacial score (nSPS) is 22.5. The van der Waals surface area contributed by atoms with Gasteiger partial charge in [0.05, 0.1) is 11.3 Å². The Morgan fingerprint density at radius 2 is 1.63 bits per heavy atom. The van der Waals surface area contributed by atoms with Crippen LogP contribution in [0.5, 0.6) is 0 Å². The summed E-state index contributed by atoms with van der Waals surface area (Å²) in [6.07, 6.45) is -4.41. The van der Waals surface area contributed by atoms with E-state index < -0.39 is 29.2 Å². The molecule has 0 radical (unpaired) electrons. The summed E-state index contributed by atoms with van der Waals surface area (Å²) in [6.45, 7) is 1.91. The first-order valence-corrected chi connectivity index (χ1v) is 9.34. The fourth-order valence-electron chi connectivity index (χ4n) is 3.31. The van der Waals surface area contributed by atoms with Crippen LogP contribution in [0.2, 0.25) is 0 Å². The molecular weight excluding hydrogens is 377 g/mol. The summed E-state index contributed by atoms with van der Waals surface area (Å²) in [5.41, 5.74) is 1.34. The van der Waals surface area contributed by atoms with E-state index in [1.165, 1.54) is 28.8 Å². The van der Waals surface area contributed by atoms with E-state index in [-0.39, 0.29) is 5.91 Å². The molecule has 2 heterocycles. The molecule has 0 spiro atoms. The van der Waals surface area contributed by atoms with Crippen LogP contribution >= 0.6 is 11.8 Å². The van der Waals surface area contributed by atoms with Crippen LogP contribution in [0.1, 0.15) is 22.1 Å². The minimum absolute atomic E-state index is 0.300. The second-order valence-corrected chi connectivity index (χ2v) is 7.63. The molecule has 4 nitrogen and oxygen atoms in total. The van der Waals surface area contributed by atoms with Gasteiger partial charge in [-0.05, 0) is 36.8 Å². The number of rotatable bonds is 2. The van der Waals surface area contributed by atoms with Crippen molar-refractivity contribution in [1.29, 1.82) is 0 Å². The quantitative estimate of drug-likeness (QED) is 0.702. The van der Waals surface area contributed by atoms with Crippen LogP contribution in [0, 0.1) is 6.92 Å². The lowest BCUT2D eigenvalue weighted by Crippen LogP contribution is -2.33. The van der Waals surface area contributed by atoms with Crippen molar-refractivity contribution in [2.24, 2.45) is 0 Å². The van der Waals surface area contributed by atoms with Gasteiger partial charge >= 0.3 is 12.2 Å². The van der Waals surface area contributed by atoms with Gasteiger partial charge in [-0.3, -0.25) is 9.69 Å². The van der Waals surface area contributed by atoms with E-state index in [1.807, 2.05) is 19.1 Å². The van der Waals surface area contributed by atoms with Gasteiger partial charge < -0.3 is 0 Å². The number of aryl methyl sites for hydroxylation is 1. The van der Waals surface area contributed by atoms with Gasteiger partial charge in [-0.1, -0.05) is 29.8 Å². The summed E-state index contributed by atoms with van der Waals surface area (Å²) >= 11 is 1.38. The highest BCUT2D eigenvalue weighted by atomic mass is 32.2. The number of urea groups is 1. The molecule has 2 aliphatic rings. The van der Waals surface area contributed by atoms with Crippen molar-refractivity contribution in [2.75, 3.05) is 10.7 Å². The topological polar surface area (TPSA) is 40.6 Å². The fourth-order valence-corrected chi connectivity index (χ4v) is 4.73. The summed E-state index contributed by atoms with van der Waals surface area (Å²) in [4.78, 5) is 28.3. The van der Waals surface area contributed by atoms with Crippen LogP contribution in [0.25, 0.3) is 0 Å². The molecule has 2 atom stereocenters. The Kier molecular flexibility index (Phi) is 4.18. The zero-order valence-electron chi connectivity index (χ0n) is 14.2. The zero-order valence-corrected chi connectivity index (χ0v) is 15.1. The zero-order chi connectivity index (χ0) is 19.3. The Morgan fingerprint density at radius 3 is 2.22 bits per heavy atom. The monoisotopic (exact) mass is 392 g/mol. The molecule has 3 amide bonds. The Hall–Kier alpha value is -2.48. The van der Waals surface area contributed by atoms with Crippen LogP contribution in [-0.4, -0.2) is 28.6 Å². The summed E-state index contributed by atoms with van der Waals surface area (Å²) < 4.78 is 38.3. The maximum atomic E-state index is 12.9. The van der Waals surface area contributed by atoms with E-state index in [4.69, 9.17) is 0 Å². The van der Waals surface area contributed by atoms with Gasteiger partial charge in [0.15, 0.2) is 0 Å². The highest BCUT2D eigenvalue weighted by Gasteiger charge is 2.53. The molecule has 0 aromatic heterocycles. The smallest absolute Gasteiger partial charge is 0.295 e. The number of alkyl halides is 3. The Labute approximate surface area is 157 Å². The van der Waals surface area contributed by atoms with Gasteiger partial charge in [0.25, 0.3) is 5.91 Å². The average Bonchev–Trinajstić information content (AvgIpc) is 3.16. The molecular formula is C19H15F3N2O2S. The number of thioether (sulfide) groups is 1. The maximum Gasteiger partial charge on any atom is 0.416 e. The van der Waals surface area contributed by atoms with Gasteiger partial charge in [0.2, 0.25) is 0 Å². The molecule has 2 aromatic carbocycles. The number of carbonyl (C=O) groups is 2. The lowest BCUT2D eigenvalue weighted by atomic mass is 10.1. The second kappa shape index (κ2) is 6.30. The van der Waals surface area contributed by atoms with Crippen LogP contribution in [0.3, 0.4) is 0 Å². The van der Waals surface area contributed by atoms with E-state index in [9.17, 15) is 22.8 Å². The van der Waals surface area contributed by atoms with Crippen molar-refractivity contribution >= 4 is 29.4 Å². The first-order chi connectivity index (χ1) is 12.8. The molecule has 0 unspecified atom stereocenters. The van der Waals surface area contributed by atoms with E-state index in [1.54, 1.807) is 12.1 Å². The molecule has 27 heavy (non-hydrogen) atoms. The molecule has 2 saturated heterocycles. The molecule has 0 N–H and O–H groups in total. The summed E-state index contributed by atoms with van der Waals surface area (Å²) in [7, 11) is 0. The average molecular weight is 392 g/mol. The molecule has 4 rings (SSSR count). The Bertz CT molecular complexity index is 897. The lowest BCUT2D eigenvalue weighted by molar-refractivity contribution is -0.137. The third kappa shape index (κ3) is 2.97. The van der Waals surface area contributed by atoms with E-state index in [2.05, 4.69) is 0 Å². The number of halogens is 3. The van der Waals surface area contributed by atoms with Gasteiger partial charge in [0.1, 0.15) is 11.4 Å². The van der Waals surface area contributed by atoms with E-state index >= 15 is 0 Å². The largest absolute Gasteiger partial charge is 0.416 e. The van der Waals surface area contributed by atoms with Crippen molar-refractivity contribution < 1.29 is 22.8 Å². The minimum atomic E-state index is -4.41. The van der Waals surface area contributed by atoms with Crippen molar-refractivity contribution in [3.05, 3.63) is 65.2 Å². The third-order valence-electron chi connectivity index (χ3n) is 4.73. The van der Waals surface area contributed by atoms with Crippen molar-refractivity contribution in [3.63, 3.8) is 0 Å². The number of nitrogens with zero attached hydrogens (tertiary/aromatic N) is 2. The molecule has 8 heteroatoms. The molecule has 2 aromatic rings. The molecule has 0 bridgehead atoms. The molecule has 0 aliphatic carbocycles. The maximum absolute atomic E-state index is 12.9. The van der Waals surface area contributed by atoms with Crippen LogP contribution in [0.4, 0.5) is 23.7 Å². The SMILES string of the molecule is Cc1ccc(N2C(=O)[C@@H]3CS[C@@H](c4ccc(C(F)(F)F)cc4)N3C2=O)cc1. The number of hydrogen-bond acceptors (Lipinski definition) is 3. The van der Waals surface area contributed by atoms with Crippen LogP contribution in [0.15, 0.2) is 48.5 Å². The number of benzene rings is 2. The summed E-state index contributed by atoms with van der Waals surface area (Å²) in [5, 5.41) is -0.482. The first kappa shape index (κ1) is 17.9.